The predicted octanol–water partition coefficient (Wildman–Crippen LogP) is 2.15. The highest BCUT2D eigenvalue weighted by atomic mass is 19.4. The first kappa shape index (κ1) is 22.6. The van der Waals surface area contributed by atoms with Gasteiger partial charge in [0.25, 0.3) is 0 Å². The van der Waals surface area contributed by atoms with Crippen molar-refractivity contribution < 1.29 is 27.6 Å². The Morgan fingerprint density at radius 3 is 2.48 bits per heavy atom. The van der Waals surface area contributed by atoms with Crippen molar-refractivity contribution in [2.45, 2.75) is 32.0 Å². The van der Waals surface area contributed by atoms with Crippen molar-refractivity contribution in [1.82, 2.24) is 16.0 Å². The van der Waals surface area contributed by atoms with Gasteiger partial charge in [0.1, 0.15) is 0 Å². The van der Waals surface area contributed by atoms with Crippen LogP contribution in [-0.2, 0) is 20.6 Å². The van der Waals surface area contributed by atoms with Crippen molar-refractivity contribution in [3.8, 4) is 0 Å². The van der Waals surface area contributed by atoms with Gasteiger partial charge in [0.2, 0.25) is 17.7 Å². The van der Waals surface area contributed by atoms with Crippen molar-refractivity contribution in [2.75, 3.05) is 10.6 Å². The van der Waals surface area contributed by atoms with E-state index in [-0.39, 0.29) is 12.1 Å². The first-order valence-electron chi connectivity index (χ1n) is 10.3. The van der Waals surface area contributed by atoms with E-state index in [0.717, 1.165) is 17.7 Å². The Hall–Kier alpha value is -3.60. The molecule has 174 valence electrons. The van der Waals surface area contributed by atoms with Crippen molar-refractivity contribution >= 4 is 29.1 Å². The van der Waals surface area contributed by atoms with Gasteiger partial charge < -0.3 is 21.3 Å². The molecule has 0 saturated carbocycles. The van der Waals surface area contributed by atoms with Gasteiger partial charge in [0, 0.05) is 17.8 Å². The maximum absolute atomic E-state index is 13.0. The van der Waals surface area contributed by atoms with E-state index in [4.69, 9.17) is 0 Å². The number of anilines is 2. The van der Waals surface area contributed by atoms with Crippen molar-refractivity contribution in [3.63, 3.8) is 0 Å². The van der Waals surface area contributed by atoms with Crippen LogP contribution < -0.4 is 26.6 Å². The minimum Gasteiger partial charge on any atom is -0.353 e. The maximum atomic E-state index is 13.0. The Morgan fingerprint density at radius 2 is 1.76 bits per heavy atom. The molecule has 8 nitrogen and oxygen atoms in total. The third-order valence-corrected chi connectivity index (χ3v) is 5.57. The van der Waals surface area contributed by atoms with Crippen LogP contribution in [0.5, 0.6) is 0 Å². The zero-order valence-electron chi connectivity index (χ0n) is 17.5. The lowest BCUT2D eigenvalue weighted by molar-refractivity contribution is -0.144. The molecule has 0 aromatic heterocycles. The molecule has 0 radical (unpaired) electrons. The van der Waals surface area contributed by atoms with E-state index >= 15 is 0 Å². The molecule has 2 fully saturated rings. The first-order valence-corrected chi connectivity index (χ1v) is 10.3. The number of nitrogens with one attached hydrogen (secondary N) is 5. The molecule has 4 unspecified atom stereocenters. The maximum Gasteiger partial charge on any atom is 0.416 e. The second-order valence-corrected chi connectivity index (χ2v) is 8.07. The number of carbonyl (C=O) groups excluding carboxylic acids is 3. The fourth-order valence-corrected chi connectivity index (χ4v) is 4.06. The highest BCUT2D eigenvalue weighted by molar-refractivity contribution is 6.00. The van der Waals surface area contributed by atoms with Gasteiger partial charge in [-0.15, -0.1) is 0 Å². The Morgan fingerprint density at radius 1 is 1.03 bits per heavy atom. The number of carbonyl (C=O) groups is 3. The number of rotatable bonds is 4. The molecule has 0 aliphatic carbocycles. The van der Waals surface area contributed by atoms with Crippen LogP contribution in [0.15, 0.2) is 48.5 Å². The number of alkyl halides is 3. The topological polar surface area (TPSA) is 111 Å². The second kappa shape index (κ2) is 8.74. The summed E-state index contributed by atoms with van der Waals surface area (Å²) in [6, 6.07) is 11.6. The Labute approximate surface area is 187 Å². The van der Waals surface area contributed by atoms with Crippen molar-refractivity contribution in [2.24, 2.45) is 11.8 Å². The van der Waals surface area contributed by atoms with Crippen LogP contribution in [0.2, 0.25) is 0 Å². The molecule has 2 aliphatic rings. The lowest BCUT2D eigenvalue weighted by atomic mass is 9.81. The Balaban J connectivity index is 1.48. The first-order chi connectivity index (χ1) is 15.6. The average Bonchev–Trinajstić information content (AvgIpc) is 2.72. The third kappa shape index (κ3) is 5.08. The molecule has 0 bridgehead atoms. The lowest BCUT2D eigenvalue weighted by Gasteiger charge is -2.43. The quantitative estimate of drug-likeness (QED) is 0.479. The summed E-state index contributed by atoms with van der Waals surface area (Å²) in [5.41, 5.74) is 0.770. The molecule has 33 heavy (non-hydrogen) atoms. The number of aryl methyl sites for hydroxylation is 1. The second-order valence-electron chi connectivity index (χ2n) is 8.07. The minimum absolute atomic E-state index is 0.122. The molecule has 4 atom stereocenters. The Bertz CT molecular complexity index is 1090. The number of benzene rings is 2. The van der Waals surface area contributed by atoms with E-state index in [0.29, 0.717) is 5.69 Å². The summed E-state index contributed by atoms with van der Waals surface area (Å²) >= 11 is 0. The summed E-state index contributed by atoms with van der Waals surface area (Å²) in [5.74, 6) is -3.21. The fraction of sp³-hybridized carbons (Fsp3) is 0.318. The van der Waals surface area contributed by atoms with E-state index in [9.17, 15) is 27.6 Å². The molecular weight excluding hydrogens is 439 g/mol. The van der Waals surface area contributed by atoms with Gasteiger partial charge in [0.15, 0.2) is 6.29 Å². The predicted molar refractivity (Wildman–Crippen MR) is 113 cm³/mol. The summed E-state index contributed by atoms with van der Waals surface area (Å²) in [5, 5.41) is 13.7. The minimum atomic E-state index is -4.51. The zero-order chi connectivity index (χ0) is 23.8. The number of hydrogen-bond acceptors (Lipinski definition) is 5. The van der Waals surface area contributed by atoms with Crippen LogP contribution in [0.4, 0.5) is 24.5 Å². The summed E-state index contributed by atoms with van der Waals surface area (Å²) in [7, 11) is 0. The molecular formula is C22H22F3N5O3. The molecule has 11 heteroatoms. The van der Waals surface area contributed by atoms with E-state index < -0.39 is 53.8 Å². The third-order valence-electron chi connectivity index (χ3n) is 5.57. The molecule has 2 aromatic carbocycles. The average molecular weight is 461 g/mol. The van der Waals surface area contributed by atoms with Gasteiger partial charge in [-0.2, -0.15) is 13.2 Å². The van der Waals surface area contributed by atoms with Crippen LogP contribution in [0.3, 0.4) is 0 Å². The SMILES string of the molecule is Cc1cccc(NC(=O)C2CC(=O)NC3NC(Nc4cccc(C(F)(F)F)c4)NC(=O)C32)c1. The number of piperidine rings is 1. The zero-order valence-corrected chi connectivity index (χ0v) is 17.5. The van der Waals surface area contributed by atoms with Gasteiger partial charge in [-0.25, -0.2) is 0 Å². The van der Waals surface area contributed by atoms with Crippen LogP contribution in [-0.4, -0.2) is 30.2 Å². The van der Waals surface area contributed by atoms with Gasteiger partial charge in [-0.05, 0) is 42.8 Å². The van der Waals surface area contributed by atoms with Gasteiger partial charge in [0.05, 0.1) is 23.6 Å². The number of amides is 3. The monoisotopic (exact) mass is 461 g/mol. The molecule has 2 heterocycles. The Kier molecular flexibility index (Phi) is 5.98. The number of hydrogen-bond donors (Lipinski definition) is 5. The van der Waals surface area contributed by atoms with Gasteiger partial charge in [-0.1, -0.05) is 18.2 Å². The van der Waals surface area contributed by atoms with E-state index in [1.165, 1.54) is 12.1 Å². The van der Waals surface area contributed by atoms with E-state index in [1.807, 2.05) is 13.0 Å². The molecule has 2 saturated heterocycles. The summed E-state index contributed by atoms with van der Waals surface area (Å²) < 4.78 is 38.9. The smallest absolute Gasteiger partial charge is 0.353 e. The van der Waals surface area contributed by atoms with Crippen LogP contribution in [0, 0.1) is 18.8 Å². The number of halogens is 3. The summed E-state index contributed by atoms with van der Waals surface area (Å²) in [6.07, 6.45) is -6.52. The van der Waals surface area contributed by atoms with Crippen LogP contribution >= 0.6 is 0 Å². The highest BCUT2D eigenvalue weighted by Gasteiger charge is 2.48. The van der Waals surface area contributed by atoms with Crippen LogP contribution in [0.25, 0.3) is 0 Å². The summed E-state index contributed by atoms with van der Waals surface area (Å²) in [4.78, 5) is 38.0. The normalized spacial score (nSPS) is 24.8. The van der Waals surface area contributed by atoms with E-state index in [1.54, 1.807) is 18.2 Å². The van der Waals surface area contributed by atoms with Crippen molar-refractivity contribution in [3.05, 3.63) is 59.7 Å². The highest BCUT2D eigenvalue weighted by Crippen LogP contribution is 2.31. The summed E-state index contributed by atoms with van der Waals surface area (Å²) in [6.45, 7) is 1.87. The van der Waals surface area contributed by atoms with Gasteiger partial charge in [-0.3, -0.25) is 19.7 Å². The van der Waals surface area contributed by atoms with E-state index in [2.05, 4.69) is 26.6 Å². The molecule has 5 N–H and O–H groups in total. The standard InChI is InChI=1S/C22H22F3N5O3/c1-11-4-2-6-13(8-11)26-19(32)15-10-16(31)28-18-17(15)20(33)30-21(29-18)27-14-7-3-5-12(9-14)22(23,24)25/h2-9,15,17-18,21,27,29H,10H2,1H3,(H,26,32)(H,28,31)(H,30,33). The largest absolute Gasteiger partial charge is 0.416 e. The molecule has 2 aliphatic heterocycles. The molecule has 0 spiro atoms. The van der Waals surface area contributed by atoms with Gasteiger partial charge >= 0.3 is 6.18 Å². The fourth-order valence-electron chi connectivity index (χ4n) is 4.06. The molecule has 3 amide bonds. The lowest BCUT2D eigenvalue weighted by Crippen LogP contribution is -2.72. The number of fused-ring (bicyclic) bond motifs is 1. The molecule has 4 rings (SSSR count). The van der Waals surface area contributed by atoms with Crippen molar-refractivity contribution in [1.29, 1.82) is 0 Å². The van der Waals surface area contributed by atoms with Crippen LogP contribution in [0.1, 0.15) is 17.5 Å². The molecule has 2 aromatic rings.